The second kappa shape index (κ2) is 7.34. The van der Waals surface area contributed by atoms with Crippen LogP contribution in [-0.2, 0) is 4.74 Å². The van der Waals surface area contributed by atoms with Gasteiger partial charge in [0, 0.05) is 19.3 Å². The third-order valence-corrected chi connectivity index (χ3v) is 3.06. The highest BCUT2D eigenvalue weighted by Crippen LogP contribution is 2.18. The number of hydrogen-bond donors (Lipinski definition) is 1. The Morgan fingerprint density at radius 1 is 1.08 bits per heavy atom. The van der Waals surface area contributed by atoms with Crippen molar-refractivity contribution in [2.24, 2.45) is 0 Å². The van der Waals surface area contributed by atoms with Gasteiger partial charge in [0.15, 0.2) is 0 Å². The molecule has 0 saturated heterocycles. The predicted octanol–water partition coefficient (Wildman–Crippen LogP) is 2.58. The van der Waals surface area contributed by atoms with Crippen LogP contribution >= 0.6 is 0 Å². The van der Waals surface area contributed by atoms with Crippen molar-refractivity contribution in [2.75, 3.05) is 20.3 Å². The minimum Gasteiger partial charge on any atom is -0.385 e. The molecule has 0 rings (SSSR count). The summed E-state index contributed by atoms with van der Waals surface area (Å²) >= 11 is 0. The molecule has 0 atom stereocenters. The fourth-order valence-corrected chi connectivity index (χ4v) is 1.70. The minimum atomic E-state index is 0.369. The van der Waals surface area contributed by atoms with Gasteiger partial charge in [-0.05, 0) is 32.2 Å². The molecule has 13 heavy (non-hydrogen) atoms. The number of hydrogen-bond acceptors (Lipinski definition) is 2. The highest BCUT2D eigenvalue weighted by Gasteiger charge is 2.21. The molecule has 0 aliphatic heterocycles. The lowest BCUT2D eigenvalue weighted by Crippen LogP contribution is -2.44. The van der Waals surface area contributed by atoms with Gasteiger partial charge in [0.25, 0.3) is 0 Å². The highest BCUT2D eigenvalue weighted by atomic mass is 16.5. The third-order valence-electron chi connectivity index (χ3n) is 3.06. The highest BCUT2D eigenvalue weighted by molar-refractivity contribution is 4.83. The van der Waals surface area contributed by atoms with Crippen LogP contribution in [0.4, 0.5) is 0 Å². The first-order valence-electron chi connectivity index (χ1n) is 5.48. The Morgan fingerprint density at radius 2 is 1.62 bits per heavy atom. The van der Waals surface area contributed by atoms with Crippen LogP contribution in [0.15, 0.2) is 0 Å². The smallest absolute Gasteiger partial charge is 0.0474 e. The van der Waals surface area contributed by atoms with Gasteiger partial charge in [-0.25, -0.2) is 0 Å². The zero-order valence-electron chi connectivity index (χ0n) is 9.65. The van der Waals surface area contributed by atoms with Crippen LogP contribution in [0.5, 0.6) is 0 Å². The van der Waals surface area contributed by atoms with Crippen molar-refractivity contribution in [3.8, 4) is 0 Å². The summed E-state index contributed by atoms with van der Waals surface area (Å²) in [7, 11) is 1.76. The van der Waals surface area contributed by atoms with E-state index >= 15 is 0 Å². The third kappa shape index (κ3) is 4.63. The standard InChI is InChI=1S/C11H25NO/c1-5-11(6-2,7-3)12-9-8-10-13-4/h12H,5-10H2,1-4H3. The average Bonchev–Trinajstić information content (AvgIpc) is 2.20. The Labute approximate surface area is 83.1 Å². The molecule has 80 valence electrons. The van der Waals surface area contributed by atoms with Gasteiger partial charge >= 0.3 is 0 Å². The Morgan fingerprint density at radius 3 is 2.00 bits per heavy atom. The zero-order chi connectivity index (χ0) is 10.2. The van der Waals surface area contributed by atoms with Crippen LogP contribution in [0.25, 0.3) is 0 Å². The first-order valence-corrected chi connectivity index (χ1v) is 5.48. The molecule has 0 heterocycles. The van der Waals surface area contributed by atoms with Crippen molar-refractivity contribution in [3.63, 3.8) is 0 Å². The van der Waals surface area contributed by atoms with Gasteiger partial charge in [0.2, 0.25) is 0 Å². The number of rotatable bonds is 8. The van der Waals surface area contributed by atoms with Gasteiger partial charge in [-0.2, -0.15) is 0 Å². The Hall–Kier alpha value is -0.0800. The molecule has 0 saturated carbocycles. The second-order valence-electron chi connectivity index (χ2n) is 3.61. The van der Waals surface area contributed by atoms with Crippen molar-refractivity contribution >= 4 is 0 Å². The van der Waals surface area contributed by atoms with E-state index in [9.17, 15) is 0 Å². The van der Waals surface area contributed by atoms with E-state index in [1.807, 2.05) is 0 Å². The van der Waals surface area contributed by atoms with Crippen molar-refractivity contribution in [1.82, 2.24) is 5.32 Å². The van der Waals surface area contributed by atoms with Crippen molar-refractivity contribution in [2.45, 2.75) is 52.0 Å². The van der Waals surface area contributed by atoms with Crippen LogP contribution in [0, 0.1) is 0 Å². The van der Waals surface area contributed by atoms with Crippen LogP contribution in [0.1, 0.15) is 46.5 Å². The Bertz CT molecular complexity index is 102. The lowest BCUT2D eigenvalue weighted by atomic mass is 9.90. The van der Waals surface area contributed by atoms with Crippen LogP contribution < -0.4 is 5.32 Å². The average molecular weight is 187 g/mol. The summed E-state index contributed by atoms with van der Waals surface area (Å²) in [4.78, 5) is 0. The first-order chi connectivity index (χ1) is 6.24. The molecule has 0 radical (unpaired) electrons. The lowest BCUT2D eigenvalue weighted by molar-refractivity contribution is 0.186. The number of ether oxygens (including phenoxy) is 1. The van der Waals surface area contributed by atoms with Gasteiger partial charge in [0.05, 0.1) is 0 Å². The van der Waals surface area contributed by atoms with Crippen molar-refractivity contribution < 1.29 is 4.74 Å². The van der Waals surface area contributed by atoms with Gasteiger partial charge in [-0.3, -0.25) is 0 Å². The maximum Gasteiger partial charge on any atom is 0.0474 e. The molecule has 2 heteroatoms. The van der Waals surface area contributed by atoms with E-state index in [0.29, 0.717) is 5.54 Å². The van der Waals surface area contributed by atoms with Crippen LogP contribution in [0.3, 0.4) is 0 Å². The summed E-state index contributed by atoms with van der Waals surface area (Å²) in [5, 5.41) is 3.64. The molecule has 1 N–H and O–H groups in total. The molecule has 0 aromatic carbocycles. The van der Waals surface area contributed by atoms with Gasteiger partial charge in [-0.15, -0.1) is 0 Å². The van der Waals surface area contributed by atoms with Gasteiger partial charge in [0.1, 0.15) is 0 Å². The lowest BCUT2D eigenvalue weighted by Gasteiger charge is -2.32. The molecule has 0 unspecified atom stereocenters. The SMILES string of the molecule is CCC(CC)(CC)NCCCOC. The summed E-state index contributed by atoms with van der Waals surface area (Å²) in [6.45, 7) is 8.71. The van der Waals surface area contributed by atoms with Crippen LogP contribution in [-0.4, -0.2) is 25.8 Å². The van der Waals surface area contributed by atoms with Gasteiger partial charge in [-0.1, -0.05) is 20.8 Å². The molecule has 0 bridgehead atoms. The number of methoxy groups -OCH3 is 1. The molecule has 2 nitrogen and oxygen atoms in total. The van der Waals surface area contributed by atoms with E-state index in [0.717, 1.165) is 19.6 Å². The molecular weight excluding hydrogens is 162 g/mol. The monoisotopic (exact) mass is 187 g/mol. The zero-order valence-corrected chi connectivity index (χ0v) is 9.65. The Balaban J connectivity index is 3.68. The molecule has 0 amide bonds. The van der Waals surface area contributed by atoms with E-state index in [1.165, 1.54) is 19.3 Å². The molecule has 0 aromatic rings. The summed E-state index contributed by atoms with van der Waals surface area (Å²) in [5.41, 5.74) is 0.369. The van der Waals surface area contributed by atoms with Crippen LogP contribution in [0.2, 0.25) is 0 Å². The summed E-state index contributed by atoms with van der Waals surface area (Å²) in [6.07, 6.45) is 4.76. The topological polar surface area (TPSA) is 21.3 Å². The second-order valence-corrected chi connectivity index (χ2v) is 3.61. The van der Waals surface area contributed by atoms with E-state index < -0.39 is 0 Å². The number of nitrogens with one attached hydrogen (secondary N) is 1. The predicted molar refractivity (Wildman–Crippen MR) is 58.1 cm³/mol. The van der Waals surface area contributed by atoms with Gasteiger partial charge < -0.3 is 10.1 Å². The van der Waals surface area contributed by atoms with Crippen molar-refractivity contribution in [3.05, 3.63) is 0 Å². The molecule has 0 spiro atoms. The first kappa shape index (κ1) is 12.9. The quantitative estimate of drug-likeness (QED) is 0.590. The van der Waals surface area contributed by atoms with E-state index in [-0.39, 0.29) is 0 Å². The van der Waals surface area contributed by atoms with E-state index in [4.69, 9.17) is 4.74 Å². The molecule has 0 aliphatic carbocycles. The largest absolute Gasteiger partial charge is 0.385 e. The maximum absolute atomic E-state index is 5.02. The Kier molecular flexibility index (Phi) is 7.29. The minimum absolute atomic E-state index is 0.369. The van der Waals surface area contributed by atoms with E-state index in [2.05, 4.69) is 26.1 Å². The molecule has 0 aliphatic rings. The summed E-state index contributed by atoms with van der Waals surface area (Å²) < 4.78 is 5.02. The summed E-state index contributed by atoms with van der Waals surface area (Å²) in [5.74, 6) is 0. The molecule has 0 aromatic heterocycles. The molecule has 0 fully saturated rings. The molecular formula is C11H25NO. The van der Waals surface area contributed by atoms with Crippen molar-refractivity contribution in [1.29, 1.82) is 0 Å². The fourth-order valence-electron chi connectivity index (χ4n) is 1.70. The normalized spacial score (nSPS) is 12.0. The van der Waals surface area contributed by atoms with E-state index in [1.54, 1.807) is 7.11 Å². The summed E-state index contributed by atoms with van der Waals surface area (Å²) in [6, 6.07) is 0. The fraction of sp³-hybridized carbons (Fsp3) is 1.00. The maximum atomic E-state index is 5.02.